The molecule has 0 saturated heterocycles. The molecule has 1 atom stereocenters. The molecule has 0 radical (unpaired) electrons. The molecule has 2 aromatic carbocycles. The topological polar surface area (TPSA) is 61.8 Å². The highest BCUT2D eigenvalue weighted by molar-refractivity contribution is 7.86. The van der Waals surface area contributed by atoms with Crippen molar-refractivity contribution in [2.24, 2.45) is 0 Å². The smallest absolute Gasteiger partial charge is 0.297 e. The Hall–Kier alpha value is -2.15. The molecule has 6 heteroatoms. The molecule has 188 valence electrons. The van der Waals surface area contributed by atoms with E-state index in [2.05, 4.69) is 20.4 Å². The predicted molar refractivity (Wildman–Crippen MR) is 138 cm³/mol. The first-order valence-electron chi connectivity index (χ1n) is 12.0. The average molecular weight is 489 g/mol. The molecule has 34 heavy (non-hydrogen) atoms. The van der Waals surface area contributed by atoms with E-state index in [0.29, 0.717) is 30.4 Å². The Morgan fingerprint density at radius 3 is 2.00 bits per heavy atom. The van der Waals surface area contributed by atoms with Crippen molar-refractivity contribution in [1.82, 2.24) is 0 Å². The fraction of sp³-hybridized carbons (Fsp3) is 0.500. The molecular weight excluding hydrogens is 448 g/mol. The van der Waals surface area contributed by atoms with E-state index in [-0.39, 0.29) is 18.4 Å². The van der Waals surface area contributed by atoms with Crippen LogP contribution in [0.15, 0.2) is 60.2 Å². The molecule has 0 aliphatic carbocycles. The Balaban J connectivity index is 2.17. The molecule has 0 aliphatic rings. The number of rotatable bonds is 14. The van der Waals surface area contributed by atoms with Gasteiger partial charge in [-0.2, -0.15) is 8.42 Å². The highest BCUT2D eigenvalue weighted by Crippen LogP contribution is 2.36. The molecule has 0 N–H and O–H groups in total. The van der Waals surface area contributed by atoms with Gasteiger partial charge in [-0.05, 0) is 40.0 Å². The first-order valence-corrected chi connectivity index (χ1v) is 13.4. The van der Waals surface area contributed by atoms with Crippen LogP contribution < -0.4 is 0 Å². The van der Waals surface area contributed by atoms with E-state index in [1.54, 1.807) is 0 Å². The van der Waals surface area contributed by atoms with Crippen molar-refractivity contribution in [2.75, 3.05) is 13.2 Å². The third-order valence-corrected chi connectivity index (χ3v) is 7.14. The van der Waals surface area contributed by atoms with Crippen molar-refractivity contribution < 1.29 is 22.1 Å². The molecule has 2 aromatic rings. The van der Waals surface area contributed by atoms with Crippen molar-refractivity contribution in [2.45, 2.75) is 83.3 Å². The van der Waals surface area contributed by atoms with Crippen LogP contribution in [0.4, 0.5) is 0 Å². The summed E-state index contributed by atoms with van der Waals surface area (Å²) < 4.78 is 43.7. The van der Waals surface area contributed by atoms with Gasteiger partial charge in [-0.25, -0.2) is 0 Å². The summed E-state index contributed by atoms with van der Waals surface area (Å²) in [5.41, 5.74) is 3.80. The van der Waals surface area contributed by atoms with Crippen LogP contribution in [0.25, 0.3) is 0 Å². The highest BCUT2D eigenvalue weighted by atomic mass is 32.2. The van der Waals surface area contributed by atoms with Crippen LogP contribution in [0.5, 0.6) is 0 Å². The van der Waals surface area contributed by atoms with Gasteiger partial charge in [0.05, 0.1) is 19.5 Å². The minimum Gasteiger partial charge on any atom is -0.496 e. The molecule has 0 aromatic heterocycles. The standard InChI is InChI=1S/C28H40O5S/c1-8-32-25(14-15-31-18-23-12-10-9-11-13-23)19-33-34(29,30)28-26(21(4)5)16-24(20(2)3)17-27(28)22(6)7/h8-13,16-17,20-22,25H,1,14-15,18-19H2,2-7H3/t25-/m0/s1. The lowest BCUT2D eigenvalue weighted by molar-refractivity contribution is 0.0416. The minimum atomic E-state index is -4.00. The van der Waals surface area contributed by atoms with E-state index in [4.69, 9.17) is 13.7 Å². The van der Waals surface area contributed by atoms with Crippen LogP contribution in [0.2, 0.25) is 0 Å². The Bertz CT molecular complexity index is 981. The van der Waals surface area contributed by atoms with Gasteiger partial charge in [-0.3, -0.25) is 4.18 Å². The molecular formula is C28H40O5S. The Morgan fingerprint density at radius 2 is 1.50 bits per heavy atom. The van der Waals surface area contributed by atoms with Gasteiger partial charge in [-0.15, -0.1) is 0 Å². The summed E-state index contributed by atoms with van der Waals surface area (Å²) in [7, 11) is -4.00. The van der Waals surface area contributed by atoms with E-state index in [1.165, 1.54) is 6.26 Å². The Labute approximate surface area is 206 Å². The quantitative estimate of drug-likeness (QED) is 0.164. The maximum atomic E-state index is 13.5. The largest absolute Gasteiger partial charge is 0.496 e. The summed E-state index contributed by atoms with van der Waals surface area (Å²) in [6, 6.07) is 13.9. The lowest BCUT2D eigenvalue weighted by atomic mass is 9.89. The average Bonchev–Trinajstić information content (AvgIpc) is 2.79. The SMILES string of the molecule is C=CO[C@@H](CCOCc1ccccc1)COS(=O)(=O)c1c(C(C)C)cc(C(C)C)cc1C(C)C. The fourth-order valence-electron chi connectivity index (χ4n) is 3.71. The highest BCUT2D eigenvalue weighted by Gasteiger charge is 2.29. The van der Waals surface area contributed by atoms with Gasteiger partial charge < -0.3 is 9.47 Å². The summed E-state index contributed by atoms with van der Waals surface area (Å²) in [5, 5.41) is 0. The van der Waals surface area contributed by atoms with Crippen LogP contribution in [0.1, 0.15) is 88.0 Å². The summed E-state index contributed by atoms with van der Waals surface area (Å²) in [4.78, 5) is 0.291. The normalized spacial score (nSPS) is 13.0. The first-order chi connectivity index (χ1) is 16.1. The van der Waals surface area contributed by atoms with E-state index >= 15 is 0 Å². The Morgan fingerprint density at radius 1 is 0.912 bits per heavy atom. The maximum absolute atomic E-state index is 13.5. The van der Waals surface area contributed by atoms with E-state index in [9.17, 15) is 8.42 Å². The second-order valence-electron chi connectivity index (χ2n) is 9.48. The molecule has 0 bridgehead atoms. The first kappa shape index (κ1) is 28.1. The number of hydrogen-bond acceptors (Lipinski definition) is 5. The zero-order valence-electron chi connectivity index (χ0n) is 21.4. The van der Waals surface area contributed by atoms with Gasteiger partial charge >= 0.3 is 0 Å². The second kappa shape index (κ2) is 13.1. The van der Waals surface area contributed by atoms with Crippen molar-refractivity contribution in [3.63, 3.8) is 0 Å². The number of hydrogen-bond donors (Lipinski definition) is 0. The van der Waals surface area contributed by atoms with Crippen molar-refractivity contribution in [3.8, 4) is 0 Å². The molecule has 0 saturated carbocycles. The van der Waals surface area contributed by atoms with Gasteiger partial charge in [0.15, 0.2) is 0 Å². The predicted octanol–water partition coefficient (Wildman–Crippen LogP) is 6.90. The zero-order chi connectivity index (χ0) is 25.3. The second-order valence-corrected chi connectivity index (χ2v) is 11.0. The monoisotopic (exact) mass is 488 g/mol. The molecule has 0 fully saturated rings. The minimum absolute atomic E-state index is 0.0381. The summed E-state index contributed by atoms with van der Waals surface area (Å²) in [5.74, 6) is 0.376. The van der Waals surface area contributed by atoms with E-state index < -0.39 is 16.2 Å². The lowest BCUT2D eigenvalue weighted by Crippen LogP contribution is -2.24. The molecule has 0 unspecified atom stereocenters. The third kappa shape index (κ3) is 7.97. The zero-order valence-corrected chi connectivity index (χ0v) is 22.2. The fourth-order valence-corrected chi connectivity index (χ4v) is 5.32. The van der Waals surface area contributed by atoms with Gasteiger partial charge in [-0.1, -0.05) is 90.6 Å². The van der Waals surface area contributed by atoms with Crippen LogP contribution in [0, 0.1) is 0 Å². The molecule has 0 aliphatic heterocycles. The van der Waals surface area contributed by atoms with Crippen molar-refractivity contribution >= 4 is 10.1 Å². The van der Waals surface area contributed by atoms with Crippen molar-refractivity contribution in [1.29, 1.82) is 0 Å². The molecule has 0 spiro atoms. The Kier molecular flexibility index (Phi) is 10.8. The van der Waals surface area contributed by atoms with Gasteiger partial charge in [0.1, 0.15) is 17.6 Å². The van der Waals surface area contributed by atoms with Gasteiger partial charge in [0, 0.05) is 6.42 Å². The van der Waals surface area contributed by atoms with E-state index in [0.717, 1.165) is 22.3 Å². The van der Waals surface area contributed by atoms with Crippen molar-refractivity contribution in [3.05, 3.63) is 77.6 Å². The summed E-state index contributed by atoms with van der Waals surface area (Å²) >= 11 is 0. The van der Waals surface area contributed by atoms with Crippen LogP contribution in [-0.4, -0.2) is 27.7 Å². The lowest BCUT2D eigenvalue weighted by Gasteiger charge is -2.23. The number of ether oxygens (including phenoxy) is 2. The number of benzene rings is 2. The molecule has 0 amide bonds. The van der Waals surface area contributed by atoms with E-state index in [1.807, 2.05) is 70.2 Å². The van der Waals surface area contributed by atoms with Gasteiger partial charge in [0.2, 0.25) is 0 Å². The van der Waals surface area contributed by atoms with Crippen LogP contribution >= 0.6 is 0 Å². The third-order valence-electron chi connectivity index (χ3n) is 5.72. The summed E-state index contributed by atoms with van der Waals surface area (Å²) in [6.45, 7) is 16.7. The van der Waals surface area contributed by atoms with Crippen LogP contribution in [-0.2, 0) is 30.4 Å². The molecule has 5 nitrogen and oxygen atoms in total. The molecule has 2 rings (SSSR count). The van der Waals surface area contributed by atoms with Crippen LogP contribution in [0.3, 0.4) is 0 Å². The van der Waals surface area contributed by atoms with Gasteiger partial charge in [0.25, 0.3) is 10.1 Å². The maximum Gasteiger partial charge on any atom is 0.297 e. The summed E-state index contributed by atoms with van der Waals surface area (Å²) in [6.07, 6.45) is 1.31. The molecule has 0 heterocycles.